The maximum absolute atomic E-state index is 13.3. The minimum atomic E-state index is -5.03. The van der Waals surface area contributed by atoms with Crippen molar-refractivity contribution in [2.24, 2.45) is 0 Å². The number of anilines is 3. The summed E-state index contributed by atoms with van der Waals surface area (Å²) >= 11 is 6.29. The first-order chi connectivity index (χ1) is 16.6. The molecule has 0 saturated heterocycles. The zero-order chi connectivity index (χ0) is 25.6. The second-order valence-electron chi connectivity index (χ2n) is 7.61. The molecule has 186 valence electrons. The average Bonchev–Trinajstić information content (AvgIpc) is 2.83. The Morgan fingerprint density at radius 3 is 2.37 bits per heavy atom. The van der Waals surface area contributed by atoms with Gasteiger partial charge in [-0.15, -0.1) is 0 Å². The molecular weight excluding hydrogens is 483 g/mol. The van der Waals surface area contributed by atoms with Crippen LogP contribution in [0.15, 0.2) is 54.9 Å². The molecule has 0 aliphatic heterocycles. The zero-order valence-electron chi connectivity index (χ0n) is 19.2. The van der Waals surface area contributed by atoms with E-state index in [0.29, 0.717) is 35.1 Å². The second-order valence-corrected chi connectivity index (χ2v) is 8.01. The summed E-state index contributed by atoms with van der Waals surface area (Å²) in [5.41, 5.74) is 1.53. The van der Waals surface area contributed by atoms with Gasteiger partial charge < -0.3 is 20.2 Å². The highest BCUT2D eigenvalue weighted by Crippen LogP contribution is 2.32. The number of alkyl halides is 3. The lowest BCUT2D eigenvalue weighted by Gasteiger charge is -2.27. The van der Waals surface area contributed by atoms with E-state index in [1.807, 2.05) is 18.7 Å². The highest BCUT2D eigenvalue weighted by Gasteiger charge is 2.43. The molecule has 1 amide bonds. The van der Waals surface area contributed by atoms with Crippen LogP contribution in [0.3, 0.4) is 0 Å². The van der Waals surface area contributed by atoms with E-state index in [0.717, 1.165) is 0 Å². The molecule has 3 aromatic rings. The highest BCUT2D eigenvalue weighted by molar-refractivity contribution is 6.33. The Kier molecular flexibility index (Phi) is 8.52. The quantitative estimate of drug-likeness (QED) is 0.399. The molecule has 7 nitrogen and oxygen atoms in total. The first kappa shape index (κ1) is 26.2. The summed E-state index contributed by atoms with van der Waals surface area (Å²) in [4.78, 5) is 23.5. The number of benzene rings is 2. The first-order valence-corrected chi connectivity index (χ1v) is 11.3. The lowest BCUT2D eigenvalue weighted by molar-refractivity contribution is -0.170. The molecule has 35 heavy (non-hydrogen) atoms. The van der Waals surface area contributed by atoms with Crippen LogP contribution in [0.1, 0.15) is 13.8 Å². The fraction of sp³-hybridized carbons (Fsp3) is 0.292. The molecule has 11 heteroatoms. The molecule has 1 aromatic heterocycles. The number of likely N-dealkylation sites (N-methyl/N-ethyl adjacent to an activating group) is 1. The second kappa shape index (κ2) is 11.4. The van der Waals surface area contributed by atoms with Gasteiger partial charge in [0.1, 0.15) is 11.6 Å². The summed E-state index contributed by atoms with van der Waals surface area (Å²) in [7, 11) is 0. The Balaban J connectivity index is 1.90. The van der Waals surface area contributed by atoms with E-state index in [9.17, 15) is 23.1 Å². The normalized spacial score (nSPS) is 11.5. The van der Waals surface area contributed by atoms with E-state index in [1.54, 1.807) is 12.1 Å². The van der Waals surface area contributed by atoms with E-state index in [-0.39, 0.29) is 35.2 Å². The van der Waals surface area contributed by atoms with Gasteiger partial charge >= 0.3 is 12.1 Å². The highest BCUT2D eigenvalue weighted by atomic mass is 35.5. The van der Waals surface area contributed by atoms with Crippen molar-refractivity contribution in [2.75, 3.05) is 36.4 Å². The van der Waals surface area contributed by atoms with Crippen molar-refractivity contribution in [3.63, 3.8) is 0 Å². The summed E-state index contributed by atoms with van der Waals surface area (Å²) in [5.74, 6) is -1.54. The maximum Gasteiger partial charge on any atom is 0.471 e. The van der Waals surface area contributed by atoms with E-state index < -0.39 is 12.1 Å². The number of hydrogen-bond acceptors (Lipinski definition) is 6. The van der Waals surface area contributed by atoms with E-state index in [1.165, 1.54) is 42.7 Å². The maximum atomic E-state index is 13.3. The predicted molar refractivity (Wildman–Crippen MR) is 130 cm³/mol. The summed E-state index contributed by atoms with van der Waals surface area (Å²) < 4.78 is 40.0. The van der Waals surface area contributed by atoms with Gasteiger partial charge in [-0.1, -0.05) is 25.4 Å². The smallest absolute Gasteiger partial charge is 0.471 e. The molecule has 0 aliphatic rings. The third-order valence-corrected chi connectivity index (χ3v) is 5.67. The molecule has 0 fully saturated rings. The van der Waals surface area contributed by atoms with Crippen LogP contribution in [0.25, 0.3) is 11.3 Å². The minimum absolute atomic E-state index is 0.0500. The number of halogens is 4. The molecule has 0 unspecified atom stereocenters. The molecular formula is C24H25ClF3N5O2. The van der Waals surface area contributed by atoms with Gasteiger partial charge in [0, 0.05) is 24.3 Å². The van der Waals surface area contributed by atoms with Gasteiger partial charge in [-0.3, -0.25) is 9.78 Å². The summed E-state index contributed by atoms with van der Waals surface area (Å²) in [6, 6.07) is 10.6. The Hall–Kier alpha value is -3.37. The van der Waals surface area contributed by atoms with E-state index in [2.05, 4.69) is 15.3 Å². The molecule has 0 aliphatic carbocycles. The van der Waals surface area contributed by atoms with E-state index in [4.69, 9.17) is 11.6 Å². The monoisotopic (exact) mass is 507 g/mol. The van der Waals surface area contributed by atoms with Crippen molar-refractivity contribution in [3.8, 4) is 17.0 Å². The summed E-state index contributed by atoms with van der Waals surface area (Å²) in [5, 5.41) is 12.7. The third-order valence-electron chi connectivity index (χ3n) is 5.34. The number of carbonyl (C=O) groups is 1. The predicted octanol–water partition coefficient (Wildman–Crippen LogP) is 5.48. The molecule has 0 atom stereocenters. The number of phenols is 1. The van der Waals surface area contributed by atoms with Crippen LogP contribution in [-0.2, 0) is 4.79 Å². The van der Waals surface area contributed by atoms with E-state index >= 15 is 0 Å². The van der Waals surface area contributed by atoms with Gasteiger partial charge in [0.25, 0.3) is 0 Å². The van der Waals surface area contributed by atoms with Gasteiger partial charge in [-0.05, 0) is 55.6 Å². The molecule has 2 N–H and O–H groups in total. The van der Waals surface area contributed by atoms with Crippen LogP contribution in [0.4, 0.5) is 30.4 Å². The Bertz CT molecular complexity index is 1150. The number of amides is 1. The zero-order valence-corrected chi connectivity index (χ0v) is 19.9. The van der Waals surface area contributed by atoms with Crippen molar-refractivity contribution in [3.05, 3.63) is 59.9 Å². The van der Waals surface area contributed by atoms with Crippen LogP contribution >= 0.6 is 11.6 Å². The lowest BCUT2D eigenvalue weighted by atomic mass is 10.1. The number of carbonyl (C=O) groups excluding carboxylic acids is 1. The van der Waals surface area contributed by atoms with Gasteiger partial charge in [0.2, 0.25) is 0 Å². The molecule has 0 radical (unpaired) electrons. The number of nitrogens with zero attached hydrogens (tertiary/aromatic N) is 4. The molecule has 1 heterocycles. The van der Waals surface area contributed by atoms with Crippen molar-refractivity contribution in [2.45, 2.75) is 20.0 Å². The number of rotatable bonds is 9. The first-order valence-electron chi connectivity index (χ1n) is 10.9. The Labute approximate surface area is 206 Å². The average molecular weight is 508 g/mol. The SMILES string of the molecule is CCN(CC)CCN(C(=O)C(F)(F)F)c1ccc(Cl)c(Nc2cncc(-c3ccc(O)cc3)n2)c1. The number of nitrogens with one attached hydrogen (secondary N) is 1. The number of hydrogen-bond donors (Lipinski definition) is 2. The van der Waals surface area contributed by atoms with Crippen molar-refractivity contribution < 1.29 is 23.1 Å². The van der Waals surface area contributed by atoms with Crippen LogP contribution < -0.4 is 10.2 Å². The van der Waals surface area contributed by atoms with Gasteiger partial charge in [-0.25, -0.2) is 4.98 Å². The standard InChI is InChI=1S/C24H25ClF3N5O2/c1-3-32(4-2)11-12-33(23(35)24(26,27)28)17-7-10-19(25)20(13-17)30-22-15-29-14-21(31-22)16-5-8-18(34)9-6-16/h5-10,13-15,34H,3-4,11-12H2,1-2H3,(H,30,31). The van der Waals surface area contributed by atoms with Crippen LogP contribution in [0.2, 0.25) is 5.02 Å². The van der Waals surface area contributed by atoms with Crippen molar-refractivity contribution in [1.29, 1.82) is 0 Å². The Morgan fingerprint density at radius 1 is 1.06 bits per heavy atom. The van der Waals surface area contributed by atoms with Crippen LogP contribution in [0.5, 0.6) is 5.75 Å². The minimum Gasteiger partial charge on any atom is -0.508 e. The largest absolute Gasteiger partial charge is 0.508 e. The summed E-state index contributed by atoms with van der Waals surface area (Å²) in [6.45, 7) is 5.23. The topological polar surface area (TPSA) is 81.6 Å². The van der Waals surface area contributed by atoms with Gasteiger partial charge in [0.05, 0.1) is 28.8 Å². The Morgan fingerprint density at radius 2 is 1.74 bits per heavy atom. The fourth-order valence-electron chi connectivity index (χ4n) is 3.39. The lowest BCUT2D eigenvalue weighted by Crippen LogP contribution is -2.45. The number of phenolic OH excluding ortho intramolecular Hbond substituents is 1. The molecule has 0 saturated carbocycles. The molecule has 3 rings (SSSR count). The number of aromatic hydroxyl groups is 1. The molecule has 2 aromatic carbocycles. The molecule has 0 bridgehead atoms. The molecule has 0 spiro atoms. The fourth-order valence-corrected chi connectivity index (χ4v) is 3.56. The van der Waals surface area contributed by atoms with Gasteiger partial charge in [-0.2, -0.15) is 13.2 Å². The van der Waals surface area contributed by atoms with Crippen LogP contribution in [-0.4, -0.2) is 58.2 Å². The third kappa shape index (κ3) is 6.83. The van der Waals surface area contributed by atoms with Crippen molar-refractivity contribution >= 4 is 34.7 Å². The van der Waals surface area contributed by atoms with Gasteiger partial charge in [0.15, 0.2) is 0 Å². The van der Waals surface area contributed by atoms with Crippen molar-refractivity contribution in [1.82, 2.24) is 14.9 Å². The van der Waals surface area contributed by atoms with Crippen LogP contribution in [0, 0.1) is 0 Å². The summed E-state index contributed by atoms with van der Waals surface area (Å²) in [6.07, 6.45) is -2.06. The number of aromatic nitrogens is 2.